The molecule has 148 valence electrons. The number of imidazole rings is 1. The van der Waals surface area contributed by atoms with Crippen LogP contribution in [-0.4, -0.2) is 48.2 Å². The van der Waals surface area contributed by atoms with E-state index in [0.717, 1.165) is 56.3 Å². The molecule has 0 amide bonds. The van der Waals surface area contributed by atoms with Crippen LogP contribution in [-0.2, 0) is 6.54 Å². The van der Waals surface area contributed by atoms with E-state index in [1.807, 2.05) is 24.5 Å². The van der Waals surface area contributed by atoms with Crippen LogP contribution in [0.2, 0.25) is 0 Å². The van der Waals surface area contributed by atoms with E-state index in [4.69, 9.17) is 0 Å². The van der Waals surface area contributed by atoms with Gasteiger partial charge >= 0.3 is 0 Å². The van der Waals surface area contributed by atoms with Gasteiger partial charge in [0.05, 0.1) is 16.0 Å². The standard InChI is InChI=1S/C21H28N6S/c1-16-24-18-6-3-4-7-19(18)27(16)14-11-23-21(22-2)25-17-9-12-26(13-10-17)20-8-5-15-28-20/h3-8,15,17H,9-14H2,1-2H3,(H2,22,23,25). The van der Waals surface area contributed by atoms with Crippen LogP contribution in [0.15, 0.2) is 46.8 Å². The molecule has 0 saturated carbocycles. The lowest BCUT2D eigenvalue weighted by molar-refractivity contribution is 0.462. The fraction of sp³-hybridized carbons (Fsp3) is 0.429. The van der Waals surface area contributed by atoms with Crippen LogP contribution >= 0.6 is 11.3 Å². The maximum absolute atomic E-state index is 4.64. The van der Waals surface area contributed by atoms with Gasteiger partial charge in [-0.05, 0) is 49.4 Å². The van der Waals surface area contributed by atoms with Gasteiger partial charge in [-0.3, -0.25) is 4.99 Å². The summed E-state index contributed by atoms with van der Waals surface area (Å²) in [6, 6.07) is 13.1. The van der Waals surface area contributed by atoms with E-state index in [0.29, 0.717) is 6.04 Å². The summed E-state index contributed by atoms with van der Waals surface area (Å²) in [5, 5.41) is 10.6. The van der Waals surface area contributed by atoms with E-state index in [9.17, 15) is 0 Å². The Labute approximate surface area is 170 Å². The van der Waals surface area contributed by atoms with Crippen LogP contribution in [0.3, 0.4) is 0 Å². The fourth-order valence-corrected chi connectivity index (χ4v) is 4.63. The van der Waals surface area contributed by atoms with E-state index >= 15 is 0 Å². The monoisotopic (exact) mass is 396 g/mol. The fourth-order valence-electron chi connectivity index (χ4n) is 3.85. The van der Waals surface area contributed by atoms with Gasteiger partial charge in [-0.15, -0.1) is 11.3 Å². The van der Waals surface area contributed by atoms with Crippen molar-refractivity contribution in [2.24, 2.45) is 4.99 Å². The van der Waals surface area contributed by atoms with E-state index in [-0.39, 0.29) is 0 Å². The highest BCUT2D eigenvalue weighted by Gasteiger charge is 2.20. The largest absolute Gasteiger partial charge is 0.363 e. The first kappa shape index (κ1) is 18.8. The van der Waals surface area contributed by atoms with Crippen LogP contribution < -0.4 is 15.5 Å². The number of nitrogens with one attached hydrogen (secondary N) is 2. The third-order valence-electron chi connectivity index (χ3n) is 5.35. The van der Waals surface area contributed by atoms with E-state index in [2.05, 4.69) is 72.7 Å². The number of guanidine groups is 1. The number of rotatable bonds is 5. The van der Waals surface area contributed by atoms with Crippen LogP contribution in [0.5, 0.6) is 0 Å². The minimum absolute atomic E-state index is 0.471. The van der Waals surface area contributed by atoms with Crippen molar-refractivity contribution < 1.29 is 0 Å². The summed E-state index contributed by atoms with van der Waals surface area (Å²) in [6.45, 7) is 5.93. The first-order valence-electron chi connectivity index (χ1n) is 9.92. The van der Waals surface area contributed by atoms with Crippen molar-refractivity contribution >= 4 is 33.3 Å². The number of thiophene rings is 1. The lowest BCUT2D eigenvalue weighted by Crippen LogP contribution is -2.49. The zero-order valence-electron chi connectivity index (χ0n) is 16.6. The summed E-state index contributed by atoms with van der Waals surface area (Å²) in [5.74, 6) is 1.93. The number of aryl methyl sites for hydroxylation is 1. The zero-order chi connectivity index (χ0) is 19.3. The molecule has 7 heteroatoms. The average molecular weight is 397 g/mol. The third kappa shape index (κ3) is 4.14. The lowest BCUT2D eigenvalue weighted by atomic mass is 10.1. The summed E-state index contributed by atoms with van der Waals surface area (Å²) in [6.07, 6.45) is 2.26. The normalized spacial score (nSPS) is 15.9. The van der Waals surface area contributed by atoms with E-state index in [1.54, 1.807) is 0 Å². The maximum Gasteiger partial charge on any atom is 0.191 e. The molecular weight excluding hydrogens is 368 g/mol. The maximum atomic E-state index is 4.64. The molecule has 1 aliphatic heterocycles. The van der Waals surface area contributed by atoms with Crippen molar-refractivity contribution in [3.05, 3.63) is 47.6 Å². The molecule has 4 rings (SSSR count). The minimum Gasteiger partial charge on any atom is -0.363 e. The predicted octanol–water partition coefficient (Wildman–Crippen LogP) is 3.24. The molecule has 1 aromatic carbocycles. The SMILES string of the molecule is CN=C(NCCn1c(C)nc2ccccc21)NC1CCN(c2cccs2)CC1. The van der Waals surface area contributed by atoms with E-state index < -0.39 is 0 Å². The summed E-state index contributed by atoms with van der Waals surface area (Å²) in [5.41, 5.74) is 2.24. The van der Waals surface area contributed by atoms with Crippen LogP contribution in [0.1, 0.15) is 18.7 Å². The number of para-hydroxylation sites is 2. The number of aliphatic imine (C=N–C) groups is 1. The van der Waals surface area contributed by atoms with Crippen molar-refractivity contribution in [1.82, 2.24) is 20.2 Å². The number of aromatic nitrogens is 2. The minimum atomic E-state index is 0.471. The van der Waals surface area contributed by atoms with Gasteiger partial charge < -0.3 is 20.1 Å². The first-order valence-corrected chi connectivity index (χ1v) is 10.8. The highest BCUT2D eigenvalue weighted by Crippen LogP contribution is 2.24. The zero-order valence-corrected chi connectivity index (χ0v) is 17.4. The summed E-state index contributed by atoms with van der Waals surface area (Å²) in [4.78, 5) is 11.5. The molecule has 2 aromatic heterocycles. The van der Waals surface area contributed by atoms with Crippen molar-refractivity contribution in [3.63, 3.8) is 0 Å². The molecule has 0 aliphatic carbocycles. The lowest BCUT2D eigenvalue weighted by Gasteiger charge is -2.33. The second-order valence-electron chi connectivity index (χ2n) is 7.16. The number of fused-ring (bicyclic) bond motifs is 1. The molecule has 0 unspecified atom stereocenters. The molecule has 0 atom stereocenters. The molecule has 1 fully saturated rings. The Morgan fingerprint density at radius 1 is 1.21 bits per heavy atom. The summed E-state index contributed by atoms with van der Waals surface area (Å²) >= 11 is 1.82. The third-order valence-corrected chi connectivity index (χ3v) is 6.28. The second-order valence-corrected chi connectivity index (χ2v) is 8.08. The Hall–Kier alpha value is -2.54. The molecule has 0 radical (unpaired) electrons. The van der Waals surface area contributed by atoms with Gasteiger partial charge in [-0.2, -0.15) is 0 Å². The van der Waals surface area contributed by atoms with E-state index in [1.165, 1.54) is 10.5 Å². The average Bonchev–Trinajstić information content (AvgIpc) is 3.36. The molecule has 28 heavy (non-hydrogen) atoms. The second kappa shape index (κ2) is 8.65. The Morgan fingerprint density at radius 2 is 2.04 bits per heavy atom. The highest BCUT2D eigenvalue weighted by molar-refractivity contribution is 7.14. The van der Waals surface area contributed by atoms with Crippen molar-refractivity contribution in [3.8, 4) is 0 Å². The highest BCUT2D eigenvalue weighted by atomic mass is 32.1. The molecule has 3 heterocycles. The van der Waals surface area contributed by atoms with Crippen molar-refractivity contribution in [2.45, 2.75) is 32.4 Å². The van der Waals surface area contributed by atoms with Gasteiger partial charge in [0.25, 0.3) is 0 Å². The quantitative estimate of drug-likeness (QED) is 0.513. The van der Waals surface area contributed by atoms with Gasteiger partial charge in [0.1, 0.15) is 5.82 Å². The molecule has 1 saturated heterocycles. The molecule has 1 aliphatic rings. The molecule has 6 nitrogen and oxygen atoms in total. The Bertz CT molecular complexity index is 922. The van der Waals surface area contributed by atoms with Crippen molar-refractivity contribution in [1.29, 1.82) is 0 Å². The number of piperidine rings is 1. The summed E-state index contributed by atoms with van der Waals surface area (Å²) < 4.78 is 2.26. The number of hydrogen-bond donors (Lipinski definition) is 2. The molecular formula is C21H28N6S. The van der Waals surface area contributed by atoms with Gasteiger partial charge in [0.2, 0.25) is 0 Å². The predicted molar refractivity (Wildman–Crippen MR) is 119 cm³/mol. The molecule has 0 spiro atoms. The Balaban J connectivity index is 1.27. The molecule has 0 bridgehead atoms. The topological polar surface area (TPSA) is 57.5 Å². The number of benzene rings is 1. The van der Waals surface area contributed by atoms with Crippen molar-refractivity contribution in [2.75, 3.05) is 31.6 Å². The molecule has 3 aromatic rings. The Kier molecular flexibility index (Phi) is 5.81. The van der Waals surface area contributed by atoms with Gasteiger partial charge in [0, 0.05) is 39.3 Å². The van der Waals surface area contributed by atoms with Crippen LogP contribution in [0.4, 0.5) is 5.00 Å². The number of anilines is 1. The van der Waals surface area contributed by atoms with Gasteiger partial charge in [-0.1, -0.05) is 12.1 Å². The van der Waals surface area contributed by atoms with Crippen LogP contribution in [0.25, 0.3) is 11.0 Å². The number of hydrogen-bond acceptors (Lipinski definition) is 4. The Morgan fingerprint density at radius 3 is 2.79 bits per heavy atom. The summed E-state index contributed by atoms with van der Waals surface area (Å²) in [7, 11) is 1.84. The van der Waals surface area contributed by atoms with Gasteiger partial charge in [0.15, 0.2) is 5.96 Å². The van der Waals surface area contributed by atoms with Crippen LogP contribution in [0, 0.1) is 6.92 Å². The first-order chi connectivity index (χ1) is 13.7. The smallest absolute Gasteiger partial charge is 0.191 e. The number of nitrogens with zero attached hydrogens (tertiary/aromatic N) is 4. The van der Waals surface area contributed by atoms with Gasteiger partial charge in [-0.25, -0.2) is 4.98 Å². The molecule has 2 N–H and O–H groups in total.